The molecule has 0 aromatic heterocycles. The van der Waals surface area contributed by atoms with Crippen molar-refractivity contribution in [1.29, 1.82) is 0 Å². The first-order valence-corrected chi connectivity index (χ1v) is 8.35. The van der Waals surface area contributed by atoms with E-state index in [1.54, 1.807) is 0 Å². The number of aliphatic imine (C=N–C) groups is 1. The second kappa shape index (κ2) is 5.38. The molecule has 1 atom stereocenters. The van der Waals surface area contributed by atoms with E-state index in [4.69, 9.17) is 0 Å². The van der Waals surface area contributed by atoms with Crippen LogP contribution in [0.15, 0.2) is 58.7 Å². The fraction of sp³-hybridized carbons (Fsp3) is 0.222. The monoisotopic (exact) mass is 355 g/mol. The summed E-state index contributed by atoms with van der Waals surface area (Å²) >= 11 is 2.96. The van der Waals surface area contributed by atoms with Gasteiger partial charge >= 0.3 is 137 Å². The van der Waals surface area contributed by atoms with Crippen molar-refractivity contribution in [2.24, 2.45) is 4.99 Å². The Morgan fingerprint density at radius 3 is 2.77 bits per heavy atom. The predicted molar refractivity (Wildman–Crippen MR) is 88.9 cm³/mol. The van der Waals surface area contributed by atoms with E-state index >= 15 is 0 Å². The molecule has 0 saturated heterocycles. The van der Waals surface area contributed by atoms with Crippen LogP contribution in [0.3, 0.4) is 0 Å². The van der Waals surface area contributed by atoms with Crippen LogP contribution in [0.4, 0.5) is 0 Å². The Hall–Kier alpha value is -1.90. The molecule has 2 aromatic rings. The molecule has 109 valence electrons. The van der Waals surface area contributed by atoms with Crippen molar-refractivity contribution in [3.8, 4) is 0 Å². The molecule has 1 unspecified atom stereocenters. The zero-order chi connectivity index (χ0) is 15.1. The molecule has 1 aliphatic heterocycles. The fourth-order valence-corrected chi connectivity index (χ4v) is 3.75. The van der Waals surface area contributed by atoms with Gasteiger partial charge in [-0.05, 0) is 0 Å². The molecule has 0 bridgehead atoms. The van der Waals surface area contributed by atoms with Gasteiger partial charge in [-0.15, -0.1) is 0 Å². The van der Waals surface area contributed by atoms with Crippen LogP contribution in [0.1, 0.15) is 30.9 Å². The van der Waals surface area contributed by atoms with Crippen LogP contribution in [0.5, 0.6) is 0 Å². The number of carbonyl (C=O) groups excluding carboxylic acids is 1. The van der Waals surface area contributed by atoms with Crippen molar-refractivity contribution in [2.75, 3.05) is 0 Å². The summed E-state index contributed by atoms with van der Waals surface area (Å²) in [7, 11) is 0. The third-order valence-electron chi connectivity index (χ3n) is 4.32. The van der Waals surface area contributed by atoms with Gasteiger partial charge in [-0.25, -0.2) is 0 Å². The minimum absolute atomic E-state index is 0.190. The second-order valence-corrected chi connectivity index (χ2v) is 6.55. The maximum atomic E-state index is 12.4. The van der Waals surface area contributed by atoms with Crippen LogP contribution in [-0.2, 0) is 4.79 Å². The number of nitrogens with one attached hydrogen (secondary N) is 1. The number of fused-ring (bicyclic) bond motifs is 1. The van der Waals surface area contributed by atoms with Crippen molar-refractivity contribution >= 4 is 37.3 Å². The summed E-state index contributed by atoms with van der Waals surface area (Å²) in [5.74, 6) is 0.225. The van der Waals surface area contributed by atoms with E-state index in [1.807, 2.05) is 12.1 Å². The van der Waals surface area contributed by atoms with Gasteiger partial charge in [-0.1, -0.05) is 0 Å². The summed E-state index contributed by atoms with van der Waals surface area (Å²) in [6.07, 6.45) is 2.47. The number of hydrogen-bond acceptors (Lipinski definition) is 3. The molecule has 0 saturated carbocycles. The van der Waals surface area contributed by atoms with Gasteiger partial charge in [0.1, 0.15) is 0 Å². The van der Waals surface area contributed by atoms with Gasteiger partial charge < -0.3 is 0 Å². The first kappa shape index (κ1) is 13.7. The Labute approximate surface area is 137 Å². The molecule has 1 N–H and O–H groups in total. The van der Waals surface area contributed by atoms with Crippen LogP contribution in [0.2, 0.25) is 0 Å². The zero-order valence-electron chi connectivity index (χ0n) is 12.0. The van der Waals surface area contributed by atoms with Crippen LogP contribution < -0.4 is 5.32 Å². The van der Waals surface area contributed by atoms with Gasteiger partial charge in [0.05, 0.1) is 0 Å². The van der Waals surface area contributed by atoms with Gasteiger partial charge in [0, 0.05) is 0 Å². The van der Waals surface area contributed by atoms with Crippen molar-refractivity contribution in [3.05, 3.63) is 59.3 Å². The van der Waals surface area contributed by atoms with E-state index in [0.717, 1.165) is 34.4 Å². The molecular formula is C18H15N2OSe. The third kappa shape index (κ3) is 2.29. The first-order valence-electron chi connectivity index (χ1n) is 7.49. The molecule has 1 radical (unpaired) electrons. The molecule has 2 aliphatic rings. The number of ketones is 1. The molecule has 1 aliphatic carbocycles. The number of nitrogens with zero attached hydrogens (tertiary/aromatic N) is 1. The van der Waals surface area contributed by atoms with Crippen LogP contribution in [0, 0.1) is 0 Å². The quantitative estimate of drug-likeness (QED) is 0.800. The predicted octanol–water partition coefficient (Wildman–Crippen LogP) is 3.02. The fourth-order valence-electron chi connectivity index (χ4n) is 3.27. The molecule has 22 heavy (non-hydrogen) atoms. The Morgan fingerprint density at radius 1 is 1.09 bits per heavy atom. The molecule has 0 spiro atoms. The molecule has 1 heterocycles. The van der Waals surface area contributed by atoms with Crippen LogP contribution in [-0.4, -0.2) is 26.5 Å². The van der Waals surface area contributed by atoms with E-state index in [0.29, 0.717) is 6.42 Å². The second-order valence-electron chi connectivity index (χ2n) is 5.74. The van der Waals surface area contributed by atoms with E-state index in [1.165, 1.54) is 10.8 Å². The van der Waals surface area contributed by atoms with Gasteiger partial charge in [-0.3, -0.25) is 0 Å². The van der Waals surface area contributed by atoms with Crippen molar-refractivity contribution < 1.29 is 4.79 Å². The van der Waals surface area contributed by atoms with Crippen molar-refractivity contribution in [1.82, 2.24) is 5.32 Å². The summed E-state index contributed by atoms with van der Waals surface area (Å²) in [4.78, 5) is 17.1. The maximum absolute atomic E-state index is 12.4. The SMILES string of the molecule is O=C1CCCC2=C1C(c1ccc3ccccc3c1)N=C([Se])N2. The van der Waals surface area contributed by atoms with Gasteiger partial charge in [0.15, 0.2) is 0 Å². The number of hydrogen-bond donors (Lipinski definition) is 1. The van der Waals surface area contributed by atoms with Gasteiger partial charge in [0.2, 0.25) is 0 Å². The topological polar surface area (TPSA) is 41.5 Å². The number of carbonyl (C=O) groups is 1. The molecule has 4 rings (SSSR count). The Kier molecular flexibility index (Phi) is 3.36. The normalized spacial score (nSPS) is 21.4. The number of amidine groups is 1. The Bertz CT molecular complexity index is 838. The molecular weight excluding hydrogens is 339 g/mol. The van der Waals surface area contributed by atoms with Crippen molar-refractivity contribution in [3.63, 3.8) is 0 Å². The number of Topliss-reactive ketones (excluding diaryl/α,β-unsaturated/α-hetero) is 1. The van der Waals surface area contributed by atoms with Crippen LogP contribution in [0.25, 0.3) is 10.8 Å². The summed E-state index contributed by atoms with van der Waals surface area (Å²) < 4.78 is 0.770. The van der Waals surface area contributed by atoms with E-state index < -0.39 is 0 Å². The number of allylic oxidation sites excluding steroid dienone is 1. The van der Waals surface area contributed by atoms with Gasteiger partial charge in [0.25, 0.3) is 0 Å². The number of benzene rings is 2. The summed E-state index contributed by atoms with van der Waals surface area (Å²) in [6.45, 7) is 0. The Balaban J connectivity index is 1.85. The molecule has 2 aromatic carbocycles. The zero-order valence-corrected chi connectivity index (χ0v) is 13.7. The van der Waals surface area contributed by atoms with E-state index in [9.17, 15) is 4.79 Å². The Morgan fingerprint density at radius 2 is 1.91 bits per heavy atom. The van der Waals surface area contributed by atoms with Crippen molar-refractivity contribution in [2.45, 2.75) is 25.3 Å². The molecule has 3 nitrogen and oxygen atoms in total. The first-order chi connectivity index (χ1) is 10.7. The van der Waals surface area contributed by atoms with Crippen LogP contribution >= 0.6 is 0 Å². The van der Waals surface area contributed by atoms with E-state index in [-0.39, 0.29) is 11.8 Å². The van der Waals surface area contributed by atoms with E-state index in [2.05, 4.69) is 56.7 Å². The molecule has 4 heteroatoms. The summed E-state index contributed by atoms with van der Waals surface area (Å²) in [5.41, 5.74) is 2.97. The summed E-state index contributed by atoms with van der Waals surface area (Å²) in [5, 5.41) is 5.63. The standard InChI is InChI=1S/C18H15N2OSe/c21-15-7-3-6-14-16(15)17(20-18(22)19-14)13-9-8-11-4-1-2-5-12(11)10-13/h1-2,4-5,8-10,17H,3,6-7H2,(H,19,20). The molecule has 0 fully saturated rings. The summed E-state index contributed by atoms with van der Waals surface area (Å²) in [6, 6.07) is 14.4. The average Bonchev–Trinajstić information content (AvgIpc) is 2.53. The minimum atomic E-state index is -0.190. The average molecular weight is 354 g/mol. The molecule has 0 amide bonds. The third-order valence-corrected chi connectivity index (χ3v) is 4.76. The van der Waals surface area contributed by atoms with Gasteiger partial charge in [-0.2, -0.15) is 0 Å². The number of rotatable bonds is 1.